The van der Waals surface area contributed by atoms with Crippen LogP contribution in [0.3, 0.4) is 0 Å². The summed E-state index contributed by atoms with van der Waals surface area (Å²) in [6.07, 6.45) is -8.12. The van der Waals surface area contributed by atoms with Gasteiger partial charge in [-0.15, -0.1) is 11.8 Å². The standard InChI is InChI=1S/C25H20F4N6O2S/c1-4-38-22-19(33-20(35(22)3)13-6-5-7-18(31-13)23(12-30)8-9-23)21-32-14-10-16-17(11-15(14)34(21)2)37-25(28,29)24(26,27)36-16/h5-7,10-11H,4,8-9H2,1-3H3. The van der Waals surface area contributed by atoms with Gasteiger partial charge in [0, 0.05) is 26.2 Å². The highest BCUT2D eigenvalue weighted by atomic mass is 32.2. The maximum absolute atomic E-state index is 13.7. The van der Waals surface area contributed by atoms with Crippen molar-refractivity contribution in [2.45, 2.75) is 42.4 Å². The monoisotopic (exact) mass is 544 g/mol. The highest BCUT2D eigenvalue weighted by Gasteiger charge is 2.66. The van der Waals surface area contributed by atoms with Crippen molar-refractivity contribution in [2.24, 2.45) is 14.1 Å². The third-order valence-corrected chi connectivity index (χ3v) is 7.76. The Kier molecular flexibility index (Phi) is 5.23. The first-order valence-corrected chi connectivity index (χ1v) is 12.7. The Morgan fingerprint density at radius 3 is 2.29 bits per heavy atom. The van der Waals surface area contributed by atoms with Crippen molar-refractivity contribution in [1.82, 2.24) is 24.1 Å². The number of imidazole rings is 2. The molecule has 8 nitrogen and oxygen atoms in total. The van der Waals surface area contributed by atoms with Crippen LogP contribution in [0.15, 0.2) is 35.4 Å². The number of thioether (sulfide) groups is 1. The molecule has 1 fully saturated rings. The average Bonchev–Trinajstić information content (AvgIpc) is 3.54. The second-order valence-electron chi connectivity index (χ2n) is 9.20. The number of benzene rings is 1. The van der Waals surface area contributed by atoms with Gasteiger partial charge >= 0.3 is 12.2 Å². The molecule has 1 aromatic carbocycles. The first-order valence-electron chi connectivity index (χ1n) is 11.7. The van der Waals surface area contributed by atoms with Crippen LogP contribution >= 0.6 is 11.8 Å². The third-order valence-electron chi connectivity index (χ3n) is 6.73. The number of aromatic nitrogens is 5. The van der Waals surface area contributed by atoms with Crippen molar-refractivity contribution in [1.29, 1.82) is 5.26 Å². The van der Waals surface area contributed by atoms with E-state index in [1.54, 1.807) is 11.6 Å². The lowest BCUT2D eigenvalue weighted by atomic mass is 10.0. The van der Waals surface area contributed by atoms with E-state index < -0.39 is 29.1 Å². The number of hydrogen-bond acceptors (Lipinski definition) is 7. The van der Waals surface area contributed by atoms with Crippen LogP contribution in [0.4, 0.5) is 17.6 Å². The molecule has 4 heterocycles. The van der Waals surface area contributed by atoms with E-state index in [1.165, 1.54) is 17.8 Å². The number of aryl methyl sites for hydroxylation is 1. The highest BCUT2D eigenvalue weighted by molar-refractivity contribution is 7.99. The van der Waals surface area contributed by atoms with Crippen molar-refractivity contribution < 1.29 is 27.0 Å². The minimum atomic E-state index is -4.82. The molecule has 1 aliphatic heterocycles. The van der Waals surface area contributed by atoms with Crippen LogP contribution in [-0.4, -0.2) is 42.1 Å². The fourth-order valence-electron chi connectivity index (χ4n) is 4.50. The van der Waals surface area contributed by atoms with Gasteiger partial charge in [0.25, 0.3) is 0 Å². The van der Waals surface area contributed by atoms with Gasteiger partial charge in [0.05, 0.1) is 28.2 Å². The number of pyridine rings is 1. The number of halogens is 4. The number of nitriles is 1. The van der Waals surface area contributed by atoms with Gasteiger partial charge in [-0.25, -0.2) is 15.0 Å². The molecule has 0 atom stereocenters. The van der Waals surface area contributed by atoms with E-state index in [2.05, 4.69) is 20.5 Å². The summed E-state index contributed by atoms with van der Waals surface area (Å²) in [7, 11) is 3.52. The van der Waals surface area contributed by atoms with E-state index in [4.69, 9.17) is 9.97 Å². The van der Waals surface area contributed by atoms with E-state index in [0.29, 0.717) is 34.2 Å². The second kappa shape index (κ2) is 8.10. The summed E-state index contributed by atoms with van der Waals surface area (Å²) in [5.41, 5.74) is 1.87. The number of nitrogens with zero attached hydrogens (tertiary/aromatic N) is 6. The zero-order chi connectivity index (χ0) is 27.0. The highest BCUT2D eigenvalue weighted by Crippen LogP contribution is 2.49. The predicted octanol–water partition coefficient (Wildman–Crippen LogP) is 5.66. The van der Waals surface area contributed by atoms with Crippen LogP contribution in [0, 0.1) is 11.3 Å². The molecule has 196 valence electrons. The summed E-state index contributed by atoms with van der Waals surface area (Å²) in [4.78, 5) is 14.2. The van der Waals surface area contributed by atoms with Crippen molar-refractivity contribution in [3.05, 3.63) is 36.0 Å². The number of fused-ring (bicyclic) bond motifs is 2. The van der Waals surface area contributed by atoms with Gasteiger partial charge in [0.2, 0.25) is 0 Å². The Labute approximate surface area is 218 Å². The molecule has 0 radical (unpaired) electrons. The lowest BCUT2D eigenvalue weighted by Crippen LogP contribution is -2.52. The van der Waals surface area contributed by atoms with Crippen LogP contribution < -0.4 is 9.47 Å². The molecule has 13 heteroatoms. The smallest absolute Gasteiger partial charge is 0.421 e. The topological polar surface area (TPSA) is 90.8 Å². The first-order chi connectivity index (χ1) is 18.0. The molecular weight excluding hydrogens is 524 g/mol. The Hall–Kier alpha value is -3.79. The van der Waals surface area contributed by atoms with Gasteiger partial charge in [0.1, 0.15) is 16.4 Å². The van der Waals surface area contributed by atoms with Gasteiger partial charge in [-0.1, -0.05) is 13.0 Å². The Morgan fingerprint density at radius 1 is 0.974 bits per heavy atom. The van der Waals surface area contributed by atoms with Gasteiger partial charge in [0.15, 0.2) is 23.1 Å². The Morgan fingerprint density at radius 2 is 1.66 bits per heavy atom. The fraction of sp³-hybridized carbons (Fsp3) is 0.360. The number of alkyl halides is 4. The molecule has 0 bridgehead atoms. The zero-order valence-corrected chi connectivity index (χ0v) is 21.2. The molecule has 0 N–H and O–H groups in total. The summed E-state index contributed by atoms with van der Waals surface area (Å²) in [5, 5.41) is 10.4. The molecule has 1 aliphatic carbocycles. The van der Waals surface area contributed by atoms with E-state index in [1.807, 2.05) is 36.7 Å². The normalized spacial score (nSPS) is 18.4. The summed E-state index contributed by atoms with van der Waals surface area (Å²) in [6.45, 7) is 1.99. The molecule has 1 saturated carbocycles. The summed E-state index contributed by atoms with van der Waals surface area (Å²) >= 11 is 1.53. The van der Waals surface area contributed by atoms with Gasteiger partial charge in [-0.2, -0.15) is 22.8 Å². The van der Waals surface area contributed by atoms with Crippen LogP contribution in [-0.2, 0) is 19.5 Å². The van der Waals surface area contributed by atoms with Crippen LogP contribution in [0.1, 0.15) is 25.5 Å². The lowest BCUT2D eigenvalue weighted by Gasteiger charge is -2.31. The van der Waals surface area contributed by atoms with E-state index >= 15 is 0 Å². The molecule has 38 heavy (non-hydrogen) atoms. The minimum Gasteiger partial charge on any atom is -0.421 e. The van der Waals surface area contributed by atoms with E-state index in [9.17, 15) is 22.8 Å². The fourth-order valence-corrected chi connectivity index (χ4v) is 5.33. The van der Waals surface area contributed by atoms with Gasteiger partial charge in [-0.05, 0) is 30.7 Å². The predicted molar refractivity (Wildman–Crippen MR) is 130 cm³/mol. The second-order valence-corrected chi connectivity index (χ2v) is 10.5. The summed E-state index contributed by atoms with van der Waals surface area (Å²) in [6, 6.07) is 10.2. The lowest BCUT2D eigenvalue weighted by molar-refractivity contribution is -0.391. The van der Waals surface area contributed by atoms with Crippen molar-refractivity contribution in [3.63, 3.8) is 0 Å². The molecule has 6 rings (SSSR count). The molecule has 0 saturated heterocycles. The third kappa shape index (κ3) is 3.53. The van der Waals surface area contributed by atoms with Gasteiger partial charge in [-0.3, -0.25) is 0 Å². The molecule has 2 aliphatic rings. The maximum Gasteiger partial charge on any atom is 0.507 e. The van der Waals surface area contributed by atoms with Crippen molar-refractivity contribution in [2.75, 3.05) is 5.75 Å². The average molecular weight is 545 g/mol. The van der Waals surface area contributed by atoms with Gasteiger partial charge < -0.3 is 18.6 Å². The minimum absolute atomic E-state index is 0.246. The van der Waals surface area contributed by atoms with Crippen LogP contribution in [0.25, 0.3) is 34.1 Å². The largest absolute Gasteiger partial charge is 0.507 e. The number of ether oxygens (including phenoxy) is 2. The number of hydrogen-bond donors (Lipinski definition) is 0. The van der Waals surface area contributed by atoms with E-state index in [0.717, 1.165) is 29.7 Å². The first kappa shape index (κ1) is 24.5. The van der Waals surface area contributed by atoms with Crippen LogP contribution in [0.2, 0.25) is 0 Å². The Balaban J connectivity index is 1.48. The SMILES string of the molecule is CCSc1c(-c2nc3cc4c(cc3n2C)OC(F)(F)C(F)(F)O4)nc(-c2cccc(C3(C#N)CC3)n2)n1C. The zero-order valence-electron chi connectivity index (χ0n) is 20.4. The molecule has 3 aromatic heterocycles. The molecule has 0 amide bonds. The van der Waals surface area contributed by atoms with E-state index in [-0.39, 0.29) is 5.52 Å². The van der Waals surface area contributed by atoms with Crippen molar-refractivity contribution >= 4 is 22.8 Å². The summed E-state index contributed by atoms with van der Waals surface area (Å²) < 4.78 is 67.0. The van der Waals surface area contributed by atoms with Crippen molar-refractivity contribution in [3.8, 4) is 40.6 Å². The maximum atomic E-state index is 13.7. The number of rotatable bonds is 5. The molecule has 4 aromatic rings. The van der Waals surface area contributed by atoms with Crippen LogP contribution in [0.5, 0.6) is 11.5 Å². The molecule has 0 spiro atoms. The Bertz CT molecular complexity index is 1650. The molecule has 0 unspecified atom stereocenters. The summed E-state index contributed by atoms with van der Waals surface area (Å²) in [5.74, 6) is 0.631. The molecular formula is C25H20F4N6O2S. The quantitative estimate of drug-likeness (QED) is 0.237.